The number of aromatic nitrogens is 5. The van der Waals surface area contributed by atoms with Gasteiger partial charge in [-0.3, -0.25) is 9.20 Å². The number of amides is 1. The van der Waals surface area contributed by atoms with Crippen molar-refractivity contribution in [3.63, 3.8) is 0 Å². The molecular formula is C16H17N7O. The number of fused-ring (bicyclic) bond motifs is 3. The number of rotatable bonds is 3. The molecule has 1 N–H and O–H groups in total. The number of hydrogen-bond donors (Lipinski definition) is 1. The van der Waals surface area contributed by atoms with Gasteiger partial charge in [-0.1, -0.05) is 13.3 Å². The number of H-pyrrole nitrogens is 1. The number of likely N-dealkylation sites (tertiary alicyclic amines) is 1. The summed E-state index contributed by atoms with van der Waals surface area (Å²) in [5.74, 6) is 1.16. The van der Waals surface area contributed by atoms with E-state index in [0.717, 1.165) is 23.4 Å². The summed E-state index contributed by atoms with van der Waals surface area (Å²) < 4.78 is 2.02. The van der Waals surface area contributed by atoms with Crippen molar-refractivity contribution >= 4 is 22.7 Å². The lowest BCUT2D eigenvalue weighted by Crippen LogP contribution is -2.28. The average molecular weight is 323 g/mol. The molecule has 1 amide bonds. The summed E-state index contributed by atoms with van der Waals surface area (Å²) in [6.07, 6.45) is 4.41. The normalized spacial score (nSPS) is 20.8. The predicted molar refractivity (Wildman–Crippen MR) is 86.0 cm³/mol. The SMILES string of the molecule is CC[C@H]1CN(C(=O)CC#N)CC1c1nnc2cnc3[nH]ccc3n12. The molecule has 1 fully saturated rings. The largest absolute Gasteiger partial charge is 0.345 e. The van der Waals surface area contributed by atoms with Crippen molar-refractivity contribution in [1.82, 2.24) is 29.5 Å². The van der Waals surface area contributed by atoms with Gasteiger partial charge in [0.15, 0.2) is 11.3 Å². The minimum atomic E-state index is -0.110. The summed E-state index contributed by atoms with van der Waals surface area (Å²) in [5.41, 5.74) is 2.42. The predicted octanol–water partition coefficient (Wildman–Crippen LogP) is 1.47. The van der Waals surface area contributed by atoms with E-state index >= 15 is 0 Å². The van der Waals surface area contributed by atoms with Gasteiger partial charge in [-0.05, 0) is 12.0 Å². The Morgan fingerprint density at radius 1 is 1.46 bits per heavy atom. The van der Waals surface area contributed by atoms with Crippen LogP contribution in [0.4, 0.5) is 0 Å². The summed E-state index contributed by atoms with van der Waals surface area (Å²) in [4.78, 5) is 21.3. The van der Waals surface area contributed by atoms with Crippen molar-refractivity contribution in [1.29, 1.82) is 5.26 Å². The van der Waals surface area contributed by atoms with Gasteiger partial charge in [0.05, 0.1) is 17.8 Å². The second-order valence-electron chi connectivity index (χ2n) is 6.13. The van der Waals surface area contributed by atoms with Crippen molar-refractivity contribution in [3.8, 4) is 6.07 Å². The average Bonchev–Trinajstić information content (AvgIpc) is 3.30. The summed E-state index contributed by atoms with van der Waals surface area (Å²) in [6.45, 7) is 3.36. The molecular weight excluding hydrogens is 306 g/mol. The lowest BCUT2D eigenvalue weighted by molar-refractivity contribution is -0.129. The van der Waals surface area contributed by atoms with E-state index in [9.17, 15) is 4.79 Å². The van der Waals surface area contributed by atoms with E-state index in [0.29, 0.717) is 24.7 Å². The smallest absolute Gasteiger partial charge is 0.236 e. The lowest BCUT2D eigenvalue weighted by Gasteiger charge is -2.14. The Bertz CT molecular complexity index is 950. The van der Waals surface area contributed by atoms with Crippen LogP contribution in [0.25, 0.3) is 16.8 Å². The van der Waals surface area contributed by atoms with Gasteiger partial charge in [-0.2, -0.15) is 5.26 Å². The van der Waals surface area contributed by atoms with Gasteiger partial charge in [0.25, 0.3) is 0 Å². The molecule has 2 atom stereocenters. The van der Waals surface area contributed by atoms with Crippen LogP contribution in [0, 0.1) is 17.2 Å². The topological polar surface area (TPSA) is 103 Å². The van der Waals surface area contributed by atoms with Gasteiger partial charge in [-0.15, -0.1) is 10.2 Å². The zero-order valence-electron chi connectivity index (χ0n) is 13.3. The number of nitrogens with zero attached hydrogens (tertiary/aromatic N) is 6. The van der Waals surface area contributed by atoms with Crippen LogP contribution in [-0.4, -0.2) is 48.5 Å². The highest BCUT2D eigenvalue weighted by molar-refractivity contribution is 5.79. The van der Waals surface area contributed by atoms with Crippen LogP contribution in [-0.2, 0) is 4.79 Å². The van der Waals surface area contributed by atoms with E-state index in [1.165, 1.54) is 0 Å². The van der Waals surface area contributed by atoms with Crippen LogP contribution in [0.5, 0.6) is 0 Å². The van der Waals surface area contributed by atoms with Crippen molar-refractivity contribution in [2.75, 3.05) is 13.1 Å². The van der Waals surface area contributed by atoms with Gasteiger partial charge in [0, 0.05) is 25.2 Å². The Kier molecular flexibility index (Phi) is 3.41. The first-order valence-electron chi connectivity index (χ1n) is 8.04. The molecule has 1 aliphatic rings. The summed E-state index contributed by atoms with van der Waals surface area (Å²) >= 11 is 0. The molecule has 0 saturated carbocycles. The number of carbonyl (C=O) groups is 1. The summed E-state index contributed by atoms with van der Waals surface area (Å²) in [7, 11) is 0. The second kappa shape index (κ2) is 5.60. The van der Waals surface area contributed by atoms with E-state index in [2.05, 4.69) is 27.1 Å². The molecule has 1 unspecified atom stereocenters. The standard InChI is InChI=1S/C16H17N7O/c1-2-10-8-22(14(24)3-5-17)9-11(10)16-21-20-13-7-19-15-12(23(13)16)4-6-18-15/h4,6-7,10-11,18H,2-3,8-9H2,1H3/t10-,11?/m0/s1. The molecule has 4 heterocycles. The Morgan fingerprint density at radius 3 is 3.12 bits per heavy atom. The number of aromatic amines is 1. The van der Waals surface area contributed by atoms with E-state index in [4.69, 9.17) is 5.26 Å². The first-order valence-corrected chi connectivity index (χ1v) is 8.04. The van der Waals surface area contributed by atoms with Gasteiger partial charge < -0.3 is 9.88 Å². The third-order valence-corrected chi connectivity index (χ3v) is 4.85. The fourth-order valence-electron chi connectivity index (χ4n) is 3.60. The summed E-state index contributed by atoms with van der Waals surface area (Å²) in [5, 5.41) is 17.4. The number of hydrogen-bond acceptors (Lipinski definition) is 5. The molecule has 3 aromatic rings. The van der Waals surface area contributed by atoms with E-state index < -0.39 is 0 Å². The van der Waals surface area contributed by atoms with Gasteiger partial charge in [0.2, 0.25) is 5.91 Å². The first kappa shape index (κ1) is 14.6. The molecule has 1 aliphatic heterocycles. The molecule has 3 aromatic heterocycles. The molecule has 0 spiro atoms. The van der Waals surface area contributed by atoms with Crippen LogP contribution >= 0.6 is 0 Å². The molecule has 4 rings (SSSR count). The molecule has 0 radical (unpaired) electrons. The monoisotopic (exact) mass is 323 g/mol. The van der Waals surface area contributed by atoms with E-state index in [-0.39, 0.29) is 18.2 Å². The van der Waals surface area contributed by atoms with E-state index in [1.807, 2.05) is 22.7 Å². The first-order chi connectivity index (χ1) is 11.7. The minimum Gasteiger partial charge on any atom is -0.345 e. The highest BCUT2D eigenvalue weighted by Gasteiger charge is 2.37. The Morgan fingerprint density at radius 2 is 2.33 bits per heavy atom. The molecule has 1 saturated heterocycles. The maximum atomic E-state index is 12.1. The van der Waals surface area contributed by atoms with Crippen molar-refractivity contribution in [2.24, 2.45) is 5.92 Å². The van der Waals surface area contributed by atoms with Crippen molar-refractivity contribution in [3.05, 3.63) is 24.3 Å². The zero-order chi connectivity index (χ0) is 16.7. The highest BCUT2D eigenvalue weighted by atomic mass is 16.2. The molecule has 24 heavy (non-hydrogen) atoms. The fourth-order valence-corrected chi connectivity index (χ4v) is 3.60. The summed E-state index contributed by atoms with van der Waals surface area (Å²) in [6, 6.07) is 3.90. The molecule has 122 valence electrons. The van der Waals surface area contributed by atoms with Crippen LogP contribution in [0.3, 0.4) is 0 Å². The van der Waals surface area contributed by atoms with Crippen molar-refractivity contribution in [2.45, 2.75) is 25.7 Å². The number of carbonyl (C=O) groups excluding carboxylic acids is 1. The Hall–Kier alpha value is -2.95. The second-order valence-corrected chi connectivity index (χ2v) is 6.13. The quantitative estimate of drug-likeness (QED) is 0.786. The Balaban J connectivity index is 1.77. The zero-order valence-corrected chi connectivity index (χ0v) is 13.3. The van der Waals surface area contributed by atoms with Crippen LogP contribution < -0.4 is 0 Å². The maximum absolute atomic E-state index is 12.1. The van der Waals surface area contributed by atoms with Gasteiger partial charge >= 0.3 is 0 Å². The fraction of sp³-hybridized carbons (Fsp3) is 0.438. The molecule has 0 bridgehead atoms. The molecule has 8 heteroatoms. The number of nitrogens with one attached hydrogen (secondary N) is 1. The van der Waals surface area contributed by atoms with Crippen LogP contribution in [0.2, 0.25) is 0 Å². The van der Waals surface area contributed by atoms with Crippen LogP contribution in [0.1, 0.15) is 31.5 Å². The number of nitriles is 1. The highest BCUT2D eigenvalue weighted by Crippen LogP contribution is 2.35. The third-order valence-electron chi connectivity index (χ3n) is 4.85. The molecule has 0 aromatic carbocycles. The van der Waals surface area contributed by atoms with E-state index in [1.54, 1.807) is 11.1 Å². The molecule has 0 aliphatic carbocycles. The van der Waals surface area contributed by atoms with Crippen molar-refractivity contribution < 1.29 is 4.79 Å². The van der Waals surface area contributed by atoms with Gasteiger partial charge in [-0.25, -0.2) is 4.98 Å². The Labute approximate surface area is 138 Å². The van der Waals surface area contributed by atoms with Crippen LogP contribution in [0.15, 0.2) is 18.5 Å². The van der Waals surface area contributed by atoms with Gasteiger partial charge in [0.1, 0.15) is 12.2 Å². The molecule has 8 nitrogen and oxygen atoms in total. The lowest BCUT2D eigenvalue weighted by atomic mass is 9.93. The minimum absolute atomic E-state index is 0.0737. The maximum Gasteiger partial charge on any atom is 0.236 e. The third kappa shape index (κ3) is 2.12.